The molecule has 0 spiro atoms. The summed E-state index contributed by atoms with van der Waals surface area (Å²) >= 11 is 6.08. The molecule has 0 saturated heterocycles. The molecule has 2 atom stereocenters. The maximum atomic E-state index is 6.08. The van der Waals surface area contributed by atoms with E-state index in [2.05, 4.69) is 23.5 Å². The molecular formula is C17H18ClNO. The predicted octanol–water partition coefficient (Wildman–Crippen LogP) is 4.59. The summed E-state index contributed by atoms with van der Waals surface area (Å²) in [6.45, 7) is 0. The zero-order valence-corrected chi connectivity index (χ0v) is 12.1. The van der Waals surface area contributed by atoms with Gasteiger partial charge in [-0.2, -0.15) is 0 Å². The van der Waals surface area contributed by atoms with Crippen LogP contribution in [0.3, 0.4) is 0 Å². The zero-order valence-electron chi connectivity index (χ0n) is 11.4. The van der Waals surface area contributed by atoms with Crippen LogP contribution in [0.15, 0.2) is 34.9 Å². The normalized spacial score (nSPS) is 24.4. The Hall–Kier alpha value is -1.25. The molecule has 2 nitrogen and oxygen atoms in total. The van der Waals surface area contributed by atoms with E-state index in [1.54, 1.807) is 0 Å². The summed E-state index contributed by atoms with van der Waals surface area (Å²) in [6, 6.07) is 9.32. The SMILES string of the molecule is Clc1ccc2c(c1)CCC2NC1CCCc2occc21. The number of hydrogen-bond acceptors (Lipinski definition) is 2. The predicted molar refractivity (Wildman–Crippen MR) is 80.0 cm³/mol. The Balaban J connectivity index is 1.58. The van der Waals surface area contributed by atoms with Gasteiger partial charge in [-0.05, 0) is 55.0 Å². The largest absolute Gasteiger partial charge is 0.469 e. The number of hydrogen-bond donors (Lipinski definition) is 1. The molecule has 0 saturated carbocycles. The van der Waals surface area contributed by atoms with Crippen molar-refractivity contribution in [3.63, 3.8) is 0 Å². The summed E-state index contributed by atoms with van der Waals surface area (Å²) < 4.78 is 5.58. The summed E-state index contributed by atoms with van der Waals surface area (Å²) in [5, 5.41) is 4.68. The number of fused-ring (bicyclic) bond motifs is 2. The van der Waals surface area contributed by atoms with Crippen LogP contribution in [-0.4, -0.2) is 0 Å². The summed E-state index contributed by atoms with van der Waals surface area (Å²) in [6.07, 6.45) is 7.60. The number of furan rings is 1. The highest BCUT2D eigenvalue weighted by Gasteiger charge is 2.28. The van der Waals surface area contributed by atoms with E-state index in [9.17, 15) is 0 Å². The minimum absolute atomic E-state index is 0.434. The van der Waals surface area contributed by atoms with Crippen molar-refractivity contribution >= 4 is 11.6 Å². The van der Waals surface area contributed by atoms with Gasteiger partial charge in [-0.3, -0.25) is 0 Å². The Labute approximate surface area is 124 Å². The molecule has 4 rings (SSSR count). The van der Waals surface area contributed by atoms with Gasteiger partial charge in [-0.15, -0.1) is 0 Å². The maximum Gasteiger partial charge on any atom is 0.108 e. The summed E-state index contributed by atoms with van der Waals surface area (Å²) in [4.78, 5) is 0. The topological polar surface area (TPSA) is 25.2 Å². The first-order chi connectivity index (χ1) is 9.81. The van der Waals surface area contributed by atoms with Crippen molar-refractivity contribution < 1.29 is 4.42 Å². The highest BCUT2D eigenvalue weighted by Crippen LogP contribution is 2.37. The maximum absolute atomic E-state index is 6.08. The Morgan fingerprint density at radius 1 is 1.05 bits per heavy atom. The van der Waals surface area contributed by atoms with Gasteiger partial charge in [0.15, 0.2) is 0 Å². The first-order valence-electron chi connectivity index (χ1n) is 7.42. The number of benzene rings is 1. The quantitative estimate of drug-likeness (QED) is 0.874. The van der Waals surface area contributed by atoms with Crippen LogP contribution in [0.25, 0.3) is 0 Å². The zero-order chi connectivity index (χ0) is 13.5. The molecule has 0 aliphatic heterocycles. The van der Waals surface area contributed by atoms with Crippen LogP contribution >= 0.6 is 11.6 Å². The van der Waals surface area contributed by atoms with Gasteiger partial charge in [0.1, 0.15) is 5.76 Å². The summed E-state index contributed by atoms with van der Waals surface area (Å²) in [7, 11) is 0. The Bertz CT molecular complexity index is 634. The lowest BCUT2D eigenvalue weighted by atomic mass is 9.92. The molecule has 1 N–H and O–H groups in total. The molecule has 1 aromatic heterocycles. The molecule has 0 bridgehead atoms. The Morgan fingerprint density at radius 3 is 2.90 bits per heavy atom. The van der Waals surface area contributed by atoms with Crippen molar-refractivity contribution in [1.29, 1.82) is 0 Å². The van der Waals surface area contributed by atoms with Gasteiger partial charge in [-0.1, -0.05) is 17.7 Å². The third-order valence-electron chi connectivity index (χ3n) is 4.64. The first-order valence-corrected chi connectivity index (χ1v) is 7.80. The lowest BCUT2D eigenvalue weighted by molar-refractivity contribution is 0.375. The lowest BCUT2D eigenvalue weighted by Gasteiger charge is -2.26. The molecule has 2 aliphatic carbocycles. The number of halogens is 1. The molecule has 104 valence electrons. The number of nitrogens with one attached hydrogen (secondary N) is 1. The Morgan fingerprint density at radius 2 is 1.95 bits per heavy atom. The van der Waals surface area contributed by atoms with Gasteiger partial charge in [0.05, 0.1) is 6.26 Å². The van der Waals surface area contributed by atoms with E-state index in [4.69, 9.17) is 16.0 Å². The number of rotatable bonds is 2. The molecule has 0 fully saturated rings. The van der Waals surface area contributed by atoms with Gasteiger partial charge >= 0.3 is 0 Å². The number of aryl methyl sites for hydroxylation is 2. The van der Waals surface area contributed by atoms with Crippen LogP contribution in [0.5, 0.6) is 0 Å². The molecule has 2 unspecified atom stereocenters. The molecule has 0 radical (unpaired) electrons. The average Bonchev–Trinajstić information content (AvgIpc) is 3.06. The van der Waals surface area contributed by atoms with E-state index in [-0.39, 0.29) is 0 Å². The van der Waals surface area contributed by atoms with Gasteiger partial charge in [0.2, 0.25) is 0 Å². The van der Waals surface area contributed by atoms with Crippen molar-refractivity contribution in [2.75, 3.05) is 0 Å². The summed E-state index contributed by atoms with van der Waals surface area (Å²) in [5.41, 5.74) is 4.18. The van der Waals surface area contributed by atoms with Gasteiger partial charge in [-0.25, -0.2) is 0 Å². The smallest absolute Gasteiger partial charge is 0.108 e. The van der Waals surface area contributed by atoms with Crippen molar-refractivity contribution in [2.45, 2.75) is 44.2 Å². The van der Waals surface area contributed by atoms with Crippen LogP contribution < -0.4 is 5.32 Å². The van der Waals surface area contributed by atoms with E-state index in [1.807, 2.05) is 12.3 Å². The van der Waals surface area contributed by atoms with Crippen LogP contribution in [-0.2, 0) is 12.8 Å². The molecule has 2 aromatic rings. The fourth-order valence-corrected chi connectivity index (χ4v) is 3.86. The molecule has 20 heavy (non-hydrogen) atoms. The molecule has 3 heteroatoms. The van der Waals surface area contributed by atoms with Gasteiger partial charge in [0.25, 0.3) is 0 Å². The van der Waals surface area contributed by atoms with Gasteiger partial charge < -0.3 is 9.73 Å². The second kappa shape index (κ2) is 4.94. The lowest BCUT2D eigenvalue weighted by Crippen LogP contribution is -2.27. The highest BCUT2D eigenvalue weighted by atomic mass is 35.5. The molecule has 2 aliphatic rings. The highest BCUT2D eigenvalue weighted by molar-refractivity contribution is 6.30. The average molecular weight is 288 g/mol. The molecule has 1 aromatic carbocycles. The molecule has 1 heterocycles. The van der Waals surface area contributed by atoms with Crippen molar-refractivity contribution in [3.05, 3.63) is 58.0 Å². The fourth-order valence-electron chi connectivity index (χ4n) is 3.66. The van der Waals surface area contributed by atoms with Crippen molar-refractivity contribution in [3.8, 4) is 0 Å². The van der Waals surface area contributed by atoms with E-state index in [0.29, 0.717) is 12.1 Å². The van der Waals surface area contributed by atoms with E-state index in [1.165, 1.54) is 41.7 Å². The standard InChI is InChI=1S/C17H18ClNO/c18-12-5-6-13-11(10-12)4-7-16(13)19-15-2-1-3-17-14(15)8-9-20-17/h5-6,8-10,15-16,19H,1-4,7H2. The van der Waals surface area contributed by atoms with Gasteiger partial charge in [0, 0.05) is 29.1 Å². The van der Waals surface area contributed by atoms with Crippen molar-refractivity contribution in [1.82, 2.24) is 5.32 Å². The molecule has 0 amide bonds. The minimum Gasteiger partial charge on any atom is -0.469 e. The minimum atomic E-state index is 0.434. The van der Waals surface area contributed by atoms with E-state index in [0.717, 1.165) is 17.9 Å². The first kappa shape index (κ1) is 12.5. The molecular weight excluding hydrogens is 270 g/mol. The van der Waals surface area contributed by atoms with Crippen LogP contribution in [0.4, 0.5) is 0 Å². The van der Waals surface area contributed by atoms with Crippen LogP contribution in [0.2, 0.25) is 5.02 Å². The van der Waals surface area contributed by atoms with Crippen LogP contribution in [0.1, 0.15) is 53.8 Å². The third kappa shape index (κ3) is 2.07. The summed E-state index contributed by atoms with van der Waals surface area (Å²) in [5.74, 6) is 1.17. The Kier molecular flexibility index (Phi) is 3.08. The van der Waals surface area contributed by atoms with E-state index < -0.39 is 0 Å². The van der Waals surface area contributed by atoms with E-state index >= 15 is 0 Å². The monoisotopic (exact) mass is 287 g/mol. The second-order valence-corrected chi connectivity index (χ2v) is 6.28. The second-order valence-electron chi connectivity index (χ2n) is 5.84. The fraction of sp³-hybridized carbons (Fsp3) is 0.412. The van der Waals surface area contributed by atoms with Crippen molar-refractivity contribution in [2.24, 2.45) is 0 Å². The third-order valence-corrected chi connectivity index (χ3v) is 4.87. The van der Waals surface area contributed by atoms with Crippen LogP contribution in [0, 0.1) is 0 Å².